The number of hydrogen-bond acceptors (Lipinski definition) is 7. The summed E-state index contributed by atoms with van der Waals surface area (Å²) < 4.78 is 21.3. The van der Waals surface area contributed by atoms with Crippen molar-refractivity contribution in [2.24, 2.45) is 4.99 Å². The quantitative estimate of drug-likeness (QED) is 0.497. The second-order valence-electron chi connectivity index (χ2n) is 7.73. The van der Waals surface area contributed by atoms with Crippen LogP contribution in [0.4, 0.5) is 11.5 Å². The standard InChI is InChI=1S/C22H25N5O2S/c1-15-6-7-18-17(12-15)19(26-22-23-8-9-24-22)13-21(25-18)27-10-11-30(28,29)20-5-3-2-4-16(20)14-27/h2-7,12-13,28-29H,8-11,14H2,1H3,(H2,23,24,25,26). The molecule has 0 atom stereocenters. The summed E-state index contributed by atoms with van der Waals surface area (Å²) in [6.07, 6.45) is 0. The molecule has 5 rings (SSSR count). The highest BCUT2D eigenvalue weighted by atomic mass is 32.3. The highest BCUT2D eigenvalue weighted by molar-refractivity contribution is 8.24. The minimum absolute atomic E-state index is 0.286. The van der Waals surface area contributed by atoms with Gasteiger partial charge in [0.05, 0.1) is 28.4 Å². The van der Waals surface area contributed by atoms with E-state index in [1.807, 2.05) is 36.4 Å². The van der Waals surface area contributed by atoms with Crippen molar-refractivity contribution in [3.8, 4) is 0 Å². The van der Waals surface area contributed by atoms with Gasteiger partial charge in [0.25, 0.3) is 0 Å². The van der Waals surface area contributed by atoms with Crippen LogP contribution in [0, 0.1) is 6.92 Å². The Kier molecular flexibility index (Phi) is 4.77. The van der Waals surface area contributed by atoms with Crippen molar-refractivity contribution in [3.63, 3.8) is 0 Å². The summed E-state index contributed by atoms with van der Waals surface area (Å²) in [5.41, 5.74) is 3.93. The van der Waals surface area contributed by atoms with Gasteiger partial charge in [0.2, 0.25) is 0 Å². The SMILES string of the molecule is Cc1ccc2nc(N3CCS(O)(O)c4ccccc4C3)cc(NC3=NCCN3)c2c1. The average molecular weight is 424 g/mol. The van der Waals surface area contributed by atoms with E-state index in [2.05, 4.69) is 39.6 Å². The maximum atomic E-state index is 10.7. The molecule has 1 aromatic heterocycles. The topological polar surface area (TPSA) is 93.0 Å². The molecular weight excluding hydrogens is 398 g/mol. The van der Waals surface area contributed by atoms with Crippen molar-refractivity contribution in [1.82, 2.24) is 10.3 Å². The second-order valence-corrected chi connectivity index (χ2v) is 9.91. The van der Waals surface area contributed by atoms with Gasteiger partial charge in [0.15, 0.2) is 5.96 Å². The van der Waals surface area contributed by atoms with Crippen LogP contribution in [0.25, 0.3) is 10.9 Å². The van der Waals surface area contributed by atoms with Gasteiger partial charge in [0.1, 0.15) is 5.82 Å². The van der Waals surface area contributed by atoms with Crippen LogP contribution in [-0.2, 0) is 6.54 Å². The number of pyridine rings is 1. The Morgan fingerprint density at radius 3 is 2.83 bits per heavy atom. The Hall–Kier alpha value is -2.81. The maximum absolute atomic E-state index is 10.7. The number of anilines is 2. The zero-order chi connectivity index (χ0) is 20.7. The number of nitrogens with zero attached hydrogens (tertiary/aromatic N) is 3. The van der Waals surface area contributed by atoms with Crippen molar-refractivity contribution in [1.29, 1.82) is 0 Å². The van der Waals surface area contributed by atoms with Crippen molar-refractivity contribution in [2.75, 3.05) is 35.6 Å². The van der Waals surface area contributed by atoms with E-state index in [1.54, 1.807) is 0 Å². The number of aromatic nitrogens is 1. The second kappa shape index (κ2) is 7.46. The molecule has 0 fully saturated rings. The number of rotatable bonds is 2. The maximum Gasteiger partial charge on any atom is 0.195 e. The molecule has 2 aromatic carbocycles. The van der Waals surface area contributed by atoms with Crippen LogP contribution in [-0.4, -0.2) is 45.4 Å². The first-order valence-electron chi connectivity index (χ1n) is 10.1. The molecule has 8 heteroatoms. The number of nitrogens with one attached hydrogen (secondary N) is 2. The fourth-order valence-electron chi connectivity index (χ4n) is 3.98. The number of fused-ring (bicyclic) bond motifs is 2. The molecular formula is C22H25N5O2S. The van der Waals surface area contributed by atoms with Crippen molar-refractivity contribution in [2.45, 2.75) is 18.4 Å². The summed E-state index contributed by atoms with van der Waals surface area (Å²) in [7, 11) is -2.81. The molecule has 0 saturated carbocycles. The molecule has 2 aliphatic heterocycles. The van der Waals surface area contributed by atoms with Gasteiger partial charge in [-0.05, 0) is 30.7 Å². The molecule has 0 saturated heterocycles. The third-order valence-electron chi connectivity index (χ3n) is 5.53. The van der Waals surface area contributed by atoms with E-state index in [1.165, 1.54) is 5.56 Å². The van der Waals surface area contributed by atoms with Crippen LogP contribution >= 0.6 is 10.6 Å². The van der Waals surface area contributed by atoms with Gasteiger partial charge in [-0.1, -0.05) is 29.8 Å². The first kappa shape index (κ1) is 19.2. The van der Waals surface area contributed by atoms with E-state index in [4.69, 9.17) is 4.98 Å². The lowest BCUT2D eigenvalue weighted by molar-refractivity contribution is 0.488. The monoisotopic (exact) mass is 423 g/mol. The molecule has 0 spiro atoms. The first-order chi connectivity index (χ1) is 14.5. The van der Waals surface area contributed by atoms with Crippen LogP contribution in [0.3, 0.4) is 0 Å². The van der Waals surface area contributed by atoms with Gasteiger partial charge >= 0.3 is 0 Å². The minimum Gasteiger partial charge on any atom is -0.354 e. The summed E-state index contributed by atoms with van der Waals surface area (Å²) in [6.45, 7) is 4.75. The number of aliphatic imine (C=N–C) groups is 1. The van der Waals surface area contributed by atoms with E-state index >= 15 is 0 Å². The Labute approximate surface area is 177 Å². The van der Waals surface area contributed by atoms with Gasteiger partial charge in [0, 0.05) is 31.1 Å². The Morgan fingerprint density at radius 2 is 2.00 bits per heavy atom. The normalized spacial score (nSPS) is 18.9. The third-order valence-corrected chi connectivity index (χ3v) is 7.39. The summed E-state index contributed by atoms with van der Waals surface area (Å²) in [5.74, 6) is 1.86. The molecule has 3 aromatic rings. The Morgan fingerprint density at radius 1 is 1.13 bits per heavy atom. The zero-order valence-electron chi connectivity index (χ0n) is 16.8. The Bertz CT molecular complexity index is 1150. The van der Waals surface area contributed by atoms with Gasteiger partial charge in [-0.2, -0.15) is 10.6 Å². The fraction of sp³-hybridized carbons (Fsp3) is 0.273. The highest BCUT2D eigenvalue weighted by Crippen LogP contribution is 2.51. The summed E-state index contributed by atoms with van der Waals surface area (Å²) in [4.78, 5) is 12.1. The molecule has 0 bridgehead atoms. The predicted octanol–water partition coefficient (Wildman–Crippen LogP) is 4.04. The van der Waals surface area contributed by atoms with Gasteiger partial charge < -0.3 is 15.5 Å². The lowest BCUT2D eigenvalue weighted by atomic mass is 10.1. The van der Waals surface area contributed by atoms with Crippen molar-refractivity contribution < 1.29 is 9.11 Å². The smallest absolute Gasteiger partial charge is 0.195 e. The van der Waals surface area contributed by atoms with Crippen LogP contribution in [0.15, 0.2) is 58.4 Å². The molecule has 0 radical (unpaired) electrons. The fourth-order valence-corrected chi connectivity index (χ4v) is 5.53. The van der Waals surface area contributed by atoms with E-state index in [9.17, 15) is 9.11 Å². The van der Waals surface area contributed by atoms with Crippen molar-refractivity contribution >= 4 is 39.0 Å². The molecule has 4 N–H and O–H groups in total. The van der Waals surface area contributed by atoms with Gasteiger partial charge in [-0.25, -0.2) is 4.98 Å². The molecule has 3 heterocycles. The predicted molar refractivity (Wildman–Crippen MR) is 124 cm³/mol. The first-order valence-corrected chi connectivity index (χ1v) is 11.8. The summed E-state index contributed by atoms with van der Waals surface area (Å²) >= 11 is 0. The van der Waals surface area contributed by atoms with E-state index in [-0.39, 0.29) is 5.75 Å². The molecule has 0 unspecified atom stereocenters. The number of guanidine groups is 1. The molecule has 7 nitrogen and oxygen atoms in total. The number of benzene rings is 2. The molecule has 0 aliphatic carbocycles. The van der Waals surface area contributed by atoms with Gasteiger partial charge in [-0.15, -0.1) is 0 Å². The molecule has 2 aliphatic rings. The Balaban J connectivity index is 1.58. The molecule has 156 valence electrons. The van der Waals surface area contributed by atoms with E-state index in [0.29, 0.717) is 18.0 Å². The van der Waals surface area contributed by atoms with Crippen LogP contribution < -0.4 is 15.5 Å². The van der Waals surface area contributed by atoms with Crippen LogP contribution in [0.5, 0.6) is 0 Å². The molecule has 30 heavy (non-hydrogen) atoms. The average Bonchev–Trinajstić information content (AvgIpc) is 3.20. The van der Waals surface area contributed by atoms with E-state index in [0.717, 1.165) is 47.0 Å². The lowest BCUT2D eigenvalue weighted by Crippen LogP contribution is -2.28. The van der Waals surface area contributed by atoms with Crippen molar-refractivity contribution in [3.05, 3.63) is 59.7 Å². The van der Waals surface area contributed by atoms with E-state index < -0.39 is 10.6 Å². The summed E-state index contributed by atoms with van der Waals surface area (Å²) in [6, 6.07) is 15.8. The lowest BCUT2D eigenvalue weighted by Gasteiger charge is -2.32. The largest absolute Gasteiger partial charge is 0.354 e. The third kappa shape index (κ3) is 3.58. The minimum atomic E-state index is -2.81. The highest BCUT2D eigenvalue weighted by Gasteiger charge is 2.26. The number of hydrogen-bond donors (Lipinski definition) is 4. The zero-order valence-corrected chi connectivity index (χ0v) is 17.6. The molecule has 0 amide bonds. The van der Waals surface area contributed by atoms with Crippen LogP contribution in [0.1, 0.15) is 11.1 Å². The summed E-state index contributed by atoms with van der Waals surface area (Å²) in [5, 5.41) is 7.72. The number of aryl methyl sites for hydroxylation is 1. The van der Waals surface area contributed by atoms with Gasteiger partial charge in [-0.3, -0.25) is 14.1 Å². The van der Waals surface area contributed by atoms with Crippen LogP contribution in [0.2, 0.25) is 0 Å².